The van der Waals surface area contributed by atoms with Crippen LogP contribution in [0.1, 0.15) is 19.5 Å². The van der Waals surface area contributed by atoms with Gasteiger partial charge in [-0.05, 0) is 19.4 Å². The maximum absolute atomic E-state index is 13.3. The van der Waals surface area contributed by atoms with E-state index >= 15 is 0 Å². The molecule has 0 bridgehead atoms. The van der Waals surface area contributed by atoms with Gasteiger partial charge < -0.3 is 20.1 Å². The second kappa shape index (κ2) is 9.47. The van der Waals surface area contributed by atoms with Crippen LogP contribution < -0.4 is 15.0 Å². The predicted octanol–water partition coefficient (Wildman–Crippen LogP) is 2.14. The van der Waals surface area contributed by atoms with E-state index in [1.54, 1.807) is 6.07 Å². The third-order valence-corrected chi connectivity index (χ3v) is 6.18. The molecule has 0 aliphatic carbocycles. The van der Waals surface area contributed by atoms with Gasteiger partial charge >= 0.3 is 6.18 Å². The largest absolute Gasteiger partial charge is 0.475 e. The number of fused-ring (bicyclic) bond motifs is 1. The fourth-order valence-electron chi connectivity index (χ4n) is 4.49. The maximum Gasteiger partial charge on any atom is 0.434 e. The molecule has 3 unspecified atom stereocenters. The number of halogens is 3. The van der Waals surface area contributed by atoms with E-state index in [9.17, 15) is 18.3 Å². The molecule has 2 aliphatic heterocycles. The van der Waals surface area contributed by atoms with Crippen molar-refractivity contribution in [2.24, 2.45) is 4.99 Å². The molecule has 190 valence electrons. The van der Waals surface area contributed by atoms with Gasteiger partial charge in [0.2, 0.25) is 5.88 Å². The van der Waals surface area contributed by atoms with E-state index in [-0.39, 0.29) is 54.4 Å². The summed E-state index contributed by atoms with van der Waals surface area (Å²) in [5.41, 5.74) is 0.522. The van der Waals surface area contributed by atoms with Gasteiger partial charge in [-0.25, -0.2) is 15.0 Å². The second-order valence-corrected chi connectivity index (χ2v) is 8.74. The molecule has 0 saturated carbocycles. The Bertz CT molecular complexity index is 1320. The van der Waals surface area contributed by atoms with E-state index in [4.69, 9.17) is 9.72 Å². The van der Waals surface area contributed by atoms with Crippen molar-refractivity contribution in [3.05, 3.63) is 42.0 Å². The van der Waals surface area contributed by atoms with Gasteiger partial charge in [0.15, 0.2) is 17.2 Å². The van der Waals surface area contributed by atoms with Gasteiger partial charge in [0.05, 0.1) is 31.6 Å². The number of aliphatic hydroxyl groups excluding tert-OH is 1. The van der Waals surface area contributed by atoms with Crippen LogP contribution in [0.25, 0.3) is 17.2 Å². The quantitative estimate of drug-likeness (QED) is 0.527. The molecule has 0 spiro atoms. The molecule has 3 atom stereocenters. The van der Waals surface area contributed by atoms with E-state index in [1.165, 1.54) is 10.6 Å². The zero-order chi connectivity index (χ0) is 25.4. The number of nitrogens with one attached hydrogen (secondary N) is 1. The topological polar surface area (TPSA) is 113 Å². The van der Waals surface area contributed by atoms with Crippen molar-refractivity contribution in [3.63, 3.8) is 0 Å². The minimum atomic E-state index is -4.62. The Labute approximate surface area is 204 Å². The SMILES string of the molecule is CC1CN(c2cc(OCCO)nc(-c3cnc4cnc(C(F)(F)F)cn34)n2)C(C)C(C2=CCN=C2)N1. The van der Waals surface area contributed by atoms with Crippen LogP contribution in [0, 0.1) is 0 Å². The molecule has 13 heteroatoms. The number of nitrogens with zero attached hydrogens (tertiary/aromatic N) is 7. The standard InChI is InChI=1S/C23H25F3N8O2/c1-13-11-33(14(2)21(30-13)15-3-4-27-8-15)18-7-20(36-6-5-35)32-22(31-18)16-9-29-19-10-28-17(12-34(16)19)23(24,25)26/h3,7-10,12-14,21,30,35H,4-6,11H2,1-2H3. The summed E-state index contributed by atoms with van der Waals surface area (Å²) < 4.78 is 46.8. The Balaban J connectivity index is 1.59. The highest BCUT2D eigenvalue weighted by molar-refractivity contribution is 5.83. The van der Waals surface area contributed by atoms with Gasteiger partial charge in [0, 0.05) is 37.1 Å². The number of rotatable bonds is 6. The van der Waals surface area contributed by atoms with Crippen LogP contribution in [0.15, 0.2) is 41.3 Å². The number of aliphatic hydroxyl groups is 1. The van der Waals surface area contributed by atoms with Crippen LogP contribution in [-0.2, 0) is 6.18 Å². The van der Waals surface area contributed by atoms with E-state index in [2.05, 4.69) is 50.1 Å². The Morgan fingerprint density at radius 2 is 2.03 bits per heavy atom. The smallest absolute Gasteiger partial charge is 0.434 e. The van der Waals surface area contributed by atoms with Crippen molar-refractivity contribution >= 4 is 17.7 Å². The molecule has 2 N–H and O–H groups in total. The lowest BCUT2D eigenvalue weighted by atomic mass is 9.95. The first kappa shape index (κ1) is 24.1. The normalized spacial score (nSPS) is 22.3. The number of anilines is 1. The first-order valence-corrected chi connectivity index (χ1v) is 11.5. The molecule has 1 fully saturated rings. The number of alkyl halides is 3. The van der Waals surface area contributed by atoms with Crippen molar-refractivity contribution in [2.45, 2.75) is 38.1 Å². The summed E-state index contributed by atoms with van der Waals surface area (Å²) >= 11 is 0. The molecule has 3 aromatic heterocycles. The third kappa shape index (κ3) is 4.63. The molecule has 0 radical (unpaired) electrons. The lowest BCUT2D eigenvalue weighted by Crippen LogP contribution is -2.61. The van der Waals surface area contributed by atoms with Crippen molar-refractivity contribution < 1.29 is 23.0 Å². The molecule has 2 aliphatic rings. The minimum absolute atomic E-state index is 0.00464. The van der Waals surface area contributed by atoms with Gasteiger partial charge in [-0.1, -0.05) is 6.08 Å². The number of aromatic nitrogens is 5. The van der Waals surface area contributed by atoms with Crippen LogP contribution in [0.4, 0.5) is 19.0 Å². The van der Waals surface area contributed by atoms with Gasteiger partial charge in [0.25, 0.3) is 0 Å². The third-order valence-electron chi connectivity index (χ3n) is 6.18. The van der Waals surface area contributed by atoms with Crippen molar-refractivity contribution in [1.29, 1.82) is 0 Å². The van der Waals surface area contributed by atoms with E-state index < -0.39 is 11.9 Å². The zero-order valence-electron chi connectivity index (χ0n) is 19.6. The van der Waals surface area contributed by atoms with E-state index in [1.807, 2.05) is 6.21 Å². The Morgan fingerprint density at radius 1 is 1.19 bits per heavy atom. The summed E-state index contributed by atoms with van der Waals surface area (Å²) in [5, 5.41) is 12.9. The maximum atomic E-state index is 13.3. The summed E-state index contributed by atoms with van der Waals surface area (Å²) in [5.74, 6) is 0.888. The average Bonchev–Trinajstić information content (AvgIpc) is 3.53. The molecule has 5 heterocycles. The summed E-state index contributed by atoms with van der Waals surface area (Å²) in [7, 11) is 0. The van der Waals surface area contributed by atoms with Crippen molar-refractivity contribution in [2.75, 3.05) is 31.2 Å². The highest BCUT2D eigenvalue weighted by atomic mass is 19.4. The predicted molar refractivity (Wildman–Crippen MR) is 126 cm³/mol. The lowest BCUT2D eigenvalue weighted by Gasteiger charge is -2.44. The van der Waals surface area contributed by atoms with Gasteiger partial charge in [-0.3, -0.25) is 9.39 Å². The second-order valence-electron chi connectivity index (χ2n) is 8.74. The fraction of sp³-hybridized carbons (Fsp3) is 0.435. The van der Waals surface area contributed by atoms with Gasteiger partial charge in [-0.2, -0.15) is 18.2 Å². The van der Waals surface area contributed by atoms with Crippen LogP contribution >= 0.6 is 0 Å². The zero-order valence-corrected chi connectivity index (χ0v) is 19.6. The summed E-state index contributed by atoms with van der Waals surface area (Å²) in [6, 6.07) is 1.79. The average molecular weight is 503 g/mol. The van der Waals surface area contributed by atoms with Gasteiger partial charge in [-0.15, -0.1) is 0 Å². The fourth-order valence-corrected chi connectivity index (χ4v) is 4.49. The first-order valence-electron chi connectivity index (χ1n) is 11.5. The molecule has 0 aromatic carbocycles. The number of ether oxygens (including phenoxy) is 1. The molecular formula is C23H25F3N8O2. The number of hydrogen-bond donors (Lipinski definition) is 2. The van der Waals surface area contributed by atoms with Crippen molar-refractivity contribution in [3.8, 4) is 17.4 Å². The van der Waals surface area contributed by atoms with Crippen LogP contribution in [0.3, 0.4) is 0 Å². The number of piperazine rings is 1. The summed E-state index contributed by atoms with van der Waals surface area (Å²) in [6.45, 7) is 5.20. The summed E-state index contributed by atoms with van der Waals surface area (Å²) in [4.78, 5) is 23.2. The van der Waals surface area contributed by atoms with Gasteiger partial charge in [0.1, 0.15) is 18.1 Å². The molecule has 10 nitrogen and oxygen atoms in total. The Hall–Kier alpha value is -3.58. The van der Waals surface area contributed by atoms with E-state index in [0.29, 0.717) is 18.9 Å². The highest BCUT2D eigenvalue weighted by Crippen LogP contribution is 2.31. The molecule has 0 amide bonds. The summed E-state index contributed by atoms with van der Waals surface area (Å²) in [6.07, 6.45) is 2.67. The first-order chi connectivity index (χ1) is 17.2. The molecule has 3 aromatic rings. The molecule has 1 saturated heterocycles. The molecule has 36 heavy (non-hydrogen) atoms. The number of imidazole rings is 1. The van der Waals surface area contributed by atoms with E-state index in [0.717, 1.165) is 18.0 Å². The number of aliphatic imine (C=N–C) groups is 1. The lowest BCUT2D eigenvalue weighted by molar-refractivity contribution is -0.141. The number of hydrogen-bond acceptors (Lipinski definition) is 9. The molecular weight excluding hydrogens is 477 g/mol. The minimum Gasteiger partial charge on any atom is -0.475 e. The Kier molecular flexibility index (Phi) is 6.35. The Morgan fingerprint density at radius 3 is 2.75 bits per heavy atom. The monoisotopic (exact) mass is 502 g/mol. The van der Waals surface area contributed by atoms with Crippen molar-refractivity contribution in [1.82, 2.24) is 29.7 Å². The van der Waals surface area contributed by atoms with Crippen LogP contribution in [0.5, 0.6) is 5.88 Å². The highest BCUT2D eigenvalue weighted by Gasteiger charge is 2.35. The van der Waals surface area contributed by atoms with Crippen LogP contribution in [-0.4, -0.2) is 80.1 Å². The van der Waals surface area contributed by atoms with Crippen LogP contribution in [0.2, 0.25) is 0 Å². The molecule has 5 rings (SSSR count).